The SMILES string of the molecule is O=C(Nc1cncc2ccncc12)C1CCNc2cc(Cl)c(Cl)cc21. The molecule has 0 aliphatic carbocycles. The van der Waals surface area contributed by atoms with Gasteiger partial charge in [0, 0.05) is 41.6 Å². The quantitative estimate of drug-likeness (QED) is 0.695. The van der Waals surface area contributed by atoms with Gasteiger partial charge < -0.3 is 10.6 Å². The van der Waals surface area contributed by atoms with Crippen LogP contribution in [0.5, 0.6) is 0 Å². The molecule has 1 aliphatic heterocycles. The maximum atomic E-state index is 12.9. The topological polar surface area (TPSA) is 66.9 Å². The number of benzene rings is 1. The van der Waals surface area contributed by atoms with Gasteiger partial charge in [-0.05, 0) is 30.2 Å². The Labute approximate surface area is 154 Å². The zero-order valence-corrected chi connectivity index (χ0v) is 14.6. The fourth-order valence-corrected chi connectivity index (χ4v) is 3.44. The predicted octanol–water partition coefficient (Wildman–Crippen LogP) is 4.47. The van der Waals surface area contributed by atoms with Crippen molar-refractivity contribution in [3.05, 3.63) is 58.6 Å². The molecule has 1 atom stereocenters. The molecule has 0 fully saturated rings. The Balaban J connectivity index is 1.67. The van der Waals surface area contributed by atoms with Crippen molar-refractivity contribution in [1.29, 1.82) is 0 Å². The lowest BCUT2D eigenvalue weighted by Crippen LogP contribution is -2.27. The summed E-state index contributed by atoms with van der Waals surface area (Å²) in [5, 5.41) is 8.94. The van der Waals surface area contributed by atoms with Gasteiger partial charge >= 0.3 is 0 Å². The summed E-state index contributed by atoms with van der Waals surface area (Å²) in [5.41, 5.74) is 2.35. The summed E-state index contributed by atoms with van der Waals surface area (Å²) >= 11 is 12.2. The Morgan fingerprint density at radius 3 is 2.88 bits per heavy atom. The predicted molar refractivity (Wildman–Crippen MR) is 100 cm³/mol. The molecule has 25 heavy (non-hydrogen) atoms. The van der Waals surface area contributed by atoms with Crippen molar-refractivity contribution in [1.82, 2.24) is 9.97 Å². The number of nitrogens with one attached hydrogen (secondary N) is 2. The lowest BCUT2D eigenvalue weighted by Gasteiger charge is -2.26. The molecule has 0 spiro atoms. The summed E-state index contributed by atoms with van der Waals surface area (Å²) in [5.74, 6) is -0.405. The van der Waals surface area contributed by atoms with E-state index in [0.29, 0.717) is 28.7 Å². The monoisotopic (exact) mass is 372 g/mol. The van der Waals surface area contributed by atoms with Crippen molar-refractivity contribution in [2.45, 2.75) is 12.3 Å². The third-order valence-electron chi connectivity index (χ3n) is 4.35. The second kappa shape index (κ2) is 6.50. The first kappa shape index (κ1) is 16.1. The number of fused-ring (bicyclic) bond motifs is 2. The first-order valence-electron chi connectivity index (χ1n) is 7.85. The first-order valence-corrected chi connectivity index (χ1v) is 8.60. The van der Waals surface area contributed by atoms with Gasteiger partial charge in [-0.1, -0.05) is 23.2 Å². The van der Waals surface area contributed by atoms with Crippen LogP contribution in [0.2, 0.25) is 10.0 Å². The Kier molecular flexibility index (Phi) is 4.19. The van der Waals surface area contributed by atoms with Crippen LogP contribution in [0.1, 0.15) is 17.9 Å². The van der Waals surface area contributed by atoms with Crippen LogP contribution in [0.3, 0.4) is 0 Å². The molecule has 3 heterocycles. The van der Waals surface area contributed by atoms with Crippen molar-refractivity contribution in [2.24, 2.45) is 0 Å². The van der Waals surface area contributed by atoms with Crippen LogP contribution in [-0.2, 0) is 4.79 Å². The van der Waals surface area contributed by atoms with E-state index in [1.807, 2.05) is 6.07 Å². The highest BCUT2D eigenvalue weighted by Crippen LogP contribution is 2.38. The molecule has 1 unspecified atom stereocenters. The molecule has 2 aromatic heterocycles. The average molecular weight is 373 g/mol. The summed E-state index contributed by atoms with van der Waals surface area (Å²) in [6.07, 6.45) is 7.48. The number of carbonyl (C=O) groups is 1. The molecule has 3 aromatic rings. The summed E-state index contributed by atoms with van der Waals surface area (Å²) < 4.78 is 0. The van der Waals surface area contributed by atoms with Crippen molar-refractivity contribution in [3.8, 4) is 0 Å². The zero-order chi connectivity index (χ0) is 17.4. The number of amides is 1. The van der Waals surface area contributed by atoms with Crippen molar-refractivity contribution in [3.63, 3.8) is 0 Å². The van der Waals surface area contributed by atoms with Gasteiger partial charge in [0.2, 0.25) is 5.91 Å². The number of carbonyl (C=O) groups excluding carboxylic acids is 1. The van der Waals surface area contributed by atoms with E-state index >= 15 is 0 Å². The Morgan fingerprint density at radius 2 is 2.00 bits per heavy atom. The molecule has 1 aliphatic rings. The zero-order valence-electron chi connectivity index (χ0n) is 13.1. The molecule has 7 heteroatoms. The number of pyridine rings is 2. The van der Waals surface area contributed by atoms with Crippen LogP contribution < -0.4 is 10.6 Å². The smallest absolute Gasteiger partial charge is 0.232 e. The molecular formula is C18H14Cl2N4O. The third-order valence-corrected chi connectivity index (χ3v) is 5.08. The summed E-state index contributed by atoms with van der Waals surface area (Å²) in [4.78, 5) is 21.2. The number of aromatic nitrogens is 2. The summed E-state index contributed by atoms with van der Waals surface area (Å²) in [6, 6.07) is 5.39. The van der Waals surface area contributed by atoms with E-state index in [0.717, 1.165) is 22.0 Å². The normalized spacial score (nSPS) is 16.2. The summed E-state index contributed by atoms with van der Waals surface area (Å²) in [6.45, 7) is 0.693. The molecule has 0 bridgehead atoms. The van der Waals surface area contributed by atoms with E-state index in [-0.39, 0.29) is 11.8 Å². The standard InChI is InChI=1S/C18H14Cl2N4O/c19-14-5-12-11(2-4-23-16(12)6-15(14)20)18(25)24-17-9-22-7-10-1-3-21-8-13(10)17/h1,3,5-9,11,23H,2,4H2,(H,24,25). The lowest BCUT2D eigenvalue weighted by molar-refractivity contribution is -0.117. The molecule has 5 nitrogen and oxygen atoms in total. The van der Waals surface area contributed by atoms with Crippen LogP contribution in [-0.4, -0.2) is 22.4 Å². The highest BCUT2D eigenvalue weighted by atomic mass is 35.5. The second-order valence-electron chi connectivity index (χ2n) is 5.89. The van der Waals surface area contributed by atoms with E-state index in [2.05, 4.69) is 20.6 Å². The molecule has 4 rings (SSSR count). The van der Waals surface area contributed by atoms with Crippen LogP contribution in [0.4, 0.5) is 11.4 Å². The fraction of sp³-hybridized carbons (Fsp3) is 0.167. The van der Waals surface area contributed by atoms with Gasteiger partial charge in [-0.3, -0.25) is 14.8 Å². The number of anilines is 2. The lowest BCUT2D eigenvalue weighted by atomic mass is 9.90. The molecule has 0 saturated carbocycles. The van der Waals surface area contributed by atoms with Gasteiger partial charge in [-0.15, -0.1) is 0 Å². The number of hydrogen-bond acceptors (Lipinski definition) is 4. The maximum Gasteiger partial charge on any atom is 0.232 e. The van der Waals surface area contributed by atoms with Crippen molar-refractivity contribution >= 4 is 51.3 Å². The van der Waals surface area contributed by atoms with Crippen LogP contribution in [0, 0.1) is 0 Å². The van der Waals surface area contributed by atoms with Gasteiger partial charge in [-0.2, -0.15) is 0 Å². The number of halogens is 2. The molecule has 1 aromatic carbocycles. The van der Waals surface area contributed by atoms with Crippen LogP contribution >= 0.6 is 23.2 Å². The molecular weight excluding hydrogens is 359 g/mol. The highest BCUT2D eigenvalue weighted by Gasteiger charge is 2.28. The largest absolute Gasteiger partial charge is 0.385 e. The number of rotatable bonds is 2. The molecule has 0 saturated heterocycles. The van der Waals surface area contributed by atoms with Gasteiger partial charge in [0.25, 0.3) is 0 Å². The molecule has 126 valence electrons. The van der Waals surface area contributed by atoms with E-state index in [9.17, 15) is 4.79 Å². The van der Waals surface area contributed by atoms with Crippen molar-refractivity contribution < 1.29 is 4.79 Å². The minimum atomic E-state index is -0.307. The van der Waals surface area contributed by atoms with E-state index < -0.39 is 0 Å². The first-order chi connectivity index (χ1) is 12.1. The van der Waals surface area contributed by atoms with Crippen molar-refractivity contribution in [2.75, 3.05) is 17.2 Å². The van der Waals surface area contributed by atoms with E-state index in [1.54, 1.807) is 36.9 Å². The van der Waals surface area contributed by atoms with Gasteiger partial charge in [0.1, 0.15) is 0 Å². The summed E-state index contributed by atoms with van der Waals surface area (Å²) in [7, 11) is 0. The van der Waals surface area contributed by atoms with Gasteiger partial charge in [0.05, 0.1) is 27.8 Å². The van der Waals surface area contributed by atoms with E-state index in [4.69, 9.17) is 23.2 Å². The Hall–Kier alpha value is -2.37. The highest BCUT2D eigenvalue weighted by molar-refractivity contribution is 6.42. The second-order valence-corrected chi connectivity index (χ2v) is 6.71. The van der Waals surface area contributed by atoms with Gasteiger partial charge in [-0.25, -0.2) is 0 Å². The fourth-order valence-electron chi connectivity index (χ4n) is 3.11. The molecule has 0 radical (unpaired) electrons. The third kappa shape index (κ3) is 3.01. The van der Waals surface area contributed by atoms with Gasteiger partial charge in [0.15, 0.2) is 0 Å². The van der Waals surface area contributed by atoms with E-state index in [1.165, 1.54) is 0 Å². The number of nitrogens with zero attached hydrogens (tertiary/aromatic N) is 2. The van der Waals surface area contributed by atoms with Crippen LogP contribution in [0.15, 0.2) is 43.0 Å². The average Bonchev–Trinajstić information content (AvgIpc) is 2.62. The minimum Gasteiger partial charge on any atom is -0.385 e. The molecule has 2 N–H and O–H groups in total. The minimum absolute atomic E-state index is 0.0979. The number of hydrogen-bond donors (Lipinski definition) is 2. The maximum absolute atomic E-state index is 12.9. The van der Waals surface area contributed by atoms with Crippen LogP contribution in [0.25, 0.3) is 10.8 Å². The Morgan fingerprint density at radius 1 is 1.16 bits per heavy atom. The molecule has 1 amide bonds. The Bertz CT molecular complexity index is 971.